The second kappa shape index (κ2) is 12.8. The van der Waals surface area contributed by atoms with Crippen molar-refractivity contribution in [2.75, 3.05) is 4.90 Å². The smallest absolute Gasteiger partial charge is 0.0465 e. The number of hydrogen-bond acceptors (Lipinski definition) is 1. The second-order valence-electron chi connectivity index (χ2n) is 15.0. The van der Waals surface area contributed by atoms with E-state index in [1.165, 1.54) is 77.2 Å². The summed E-state index contributed by atoms with van der Waals surface area (Å²) in [4.78, 5) is 2.41. The Morgan fingerprint density at radius 2 is 0.796 bits per heavy atom. The van der Waals surface area contributed by atoms with Gasteiger partial charge in [-0.2, -0.15) is 0 Å². The molecule has 0 fully saturated rings. The second-order valence-corrected chi connectivity index (χ2v) is 15.0. The van der Waals surface area contributed by atoms with Crippen LogP contribution in [0.25, 0.3) is 66.1 Å². The predicted octanol–water partition coefficient (Wildman–Crippen LogP) is 14.8. The van der Waals surface area contributed by atoms with Crippen LogP contribution in [0.15, 0.2) is 200 Å². The van der Waals surface area contributed by atoms with E-state index in [0.29, 0.717) is 0 Å². The third-order valence-electron chi connectivity index (χ3n) is 11.5. The van der Waals surface area contributed by atoms with Crippen LogP contribution in [0.5, 0.6) is 0 Å². The molecule has 1 aliphatic rings. The van der Waals surface area contributed by atoms with Gasteiger partial charge in [-0.3, -0.25) is 0 Å². The maximum absolute atomic E-state index is 2.41. The molecule has 0 unspecified atom stereocenters. The molecule has 0 bridgehead atoms. The predicted molar refractivity (Wildman–Crippen MR) is 230 cm³/mol. The fourth-order valence-electron chi connectivity index (χ4n) is 8.69. The van der Waals surface area contributed by atoms with Gasteiger partial charge in [0.2, 0.25) is 0 Å². The van der Waals surface area contributed by atoms with Gasteiger partial charge in [-0.1, -0.05) is 172 Å². The third kappa shape index (κ3) is 5.32. The summed E-state index contributed by atoms with van der Waals surface area (Å²) in [5.74, 6) is 0. The Bertz CT molecular complexity index is 2830. The lowest BCUT2D eigenvalue weighted by Gasteiger charge is -2.28. The number of fused-ring (bicyclic) bond motifs is 5. The molecule has 0 aliphatic heterocycles. The van der Waals surface area contributed by atoms with Crippen LogP contribution in [0.3, 0.4) is 0 Å². The van der Waals surface area contributed by atoms with Crippen molar-refractivity contribution in [2.24, 2.45) is 0 Å². The first-order chi connectivity index (χ1) is 26.5. The highest BCUT2D eigenvalue weighted by molar-refractivity contribution is 5.98. The molecule has 1 nitrogen and oxygen atoms in total. The van der Waals surface area contributed by atoms with Gasteiger partial charge in [0.1, 0.15) is 0 Å². The Labute approximate surface area is 317 Å². The van der Waals surface area contributed by atoms with E-state index in [4.69, 9.17) is 0 Å². The molecule has 0 radical (unpaired) electrons. The Morgan fingerprint density at radius 3 is 1.48 bits per heavy atom. The fourth-order valence-corrected chi connectivity index (χ4v) is 8.69. The highest BCUT2D eigenvalue weighted by atomic mass is 15.1. The summed E-state index contributed by atoms with van der Waals surface area (Å²) >= 11 is 0. The van der Waals surface area contributed by atoms with E-state index >= 15 is 0 Å². The van der Waals surface area contributed by atoms with E-state index in [-0.39, 0.29) is 5.41 Å². The third-order valence-corrected chi connectivity index (χ3v) is 11.5. The van der Waals surface area contributed by atoms with Gasteiger partial charge in [-0.25, -0.2) is 0 Å². The Hall–Kier alpha value is -6.70. The number of benzene rings is 9. The standard InChI is InChI=1S/C53H39N/c1-53(2)51-23-8-7-20-49(51)50-33-32-44(35-52(50)53)54(43-30-26-39(27-31-43)47-21-10-14-37-12-3-5-18-45(37)47)42-28-24-36(25-29-42)40-16-9-17-41(34-40)48-22-11-15-38-13-4-6-19-46(38)48/h3-35H,1-2H3. The van der Waals surface area contributed by atoms with E-state index in [1.54, 1.807) is 0 Å². The molecule has 0 N–H and O–H groups in total. The molecule has 1 aliphatic carbocycles. The van der Waals surface area contributed by atoms with Crippen molar-refractivity contribution >= 4 is 38.6 Å². The molecule has 54 heavy (non-hydrogen) atoms. The molecule has 9 aromatic carbocycles. The first-order valence-electron chi connectivity index (χ1n) is 18.8. The maximum atomic E-state index is 2.41. The number of nitrogens with zero attached hydrogens (tertiary/aromatic N) is 1. The minimum absolute atomic E-state index is 0.0925. The van der Waals surface area contributed by atoms with Crippen molar-refractivity contribution in [3.8, 4) is 44.5 Å². The lowest BCUT2D eigenvalue weighted by Crippen LogP contribution is -2.16. The van der Waals surface area contributed by atoms with Crippen LogP contribution in [0.2, 0.25) is 0 Å². The van der Waals surface area contributed by atoms with Gasteiger partial charge in [0.25, 0.3) is 0 Å². The molecule has 0 heterocycles. The molecular weight excluding hydrogens is 651 g/mol. The first-order valence-corrected chi connectivity index (χ1v) is 18.8. The summed E-state index contributed by atoms with van der Waals surface area (Å²) in [5.41, 5.74) is 16.1. The van der Waals surface area contributed by atoms with Gasteiger partial charge in [0.15, 0.2) is 0 Å². The van der Waals surface area contributed by atoms with Crippen LogP contribution in [0, 0.1) is 0 Å². The van der Waals surface area contributed by atoms with E-state index in [2.05, 4.69) is 219 Å². The summed E-state index contributed by atoms with van der Waals surface area (Å²) in [6.07, 6.45) is 0. The largest absolute Gasteiger partial charge is 0.310 e. The van der Waals surface area contributed by atoms with Gasteiger partial charge >= 0.3 is 0 Å². The van der Waals surface area contributed by atoms with Gasteiger partial charge in [0.05, 0.1) is 0 Å². The monoisotopic (exact) mass is 689 g/mol. The molecule has 10 rings (SSSR count). The molecule has 0 atom stereocenters. The van der Waals surface area contributed by atoms with Crippen LogP contribution < -0.4 is 4.90 Å². The minimum atomic E-state index is -0.0925. The molecule has 0 spiro atoms. The number of rotatable bonds is 6. The zero-order valence-corrected chi connectivity index (χ0v) is 30.5. The normalized spacial score (nSPS) is 12.8. The maximum Gasteiger partial charge on any atom is 0.0465 e. The quantitative estimate of drug-likeness (QED) is 0.168. The van der Waals surface area contributed by atoms with Crippen LogP contribution in [-0.2, 0) is 5.41 Å². The van der Waals surface area contributed by atoms with Gasteiger partial charge in [-0.05, 0) is 120 Å². The van der Waals surface area contributed by atoms with Crippen LogP contribution >= 0.6 is 0 Å². The zero-order valence-electron chi connectivity index (χ0n) is 30.5. The van der Waals surface area contributed by atoms with Crippen molar-refractivity contribution in [3.63, 3.8) is 0 Å². The van der Waals surface area contributed by atoms with Gasteiger partial charge in [-0.15, -0.1) is 0 Å². The highest BCUT2D eigenvalue weighted by Gasteiger charge is 2.35. The van der Waals surface area contributed by atoms with Gasteiger partial charge in [0, 0.05) is 22.5 Å². The Balaban J connectivity index is 1.06. The van der Waals surface area contributed by atoms with Crippen LogP contribution in [0.1, 0.15) is 25.0 Å². The lowest BCUT2D eigenvalue weighted by atomic mass is 9.82. The highest BCUT2D eigenvalue weighted by Crippen LogP contribution is 2.50. The summed E-state index contributed by atoms with van der Waals surface area (Å²) in [6, 6.07) is 73.4. The topological polar surface area (TPSA) is 3.24 Å². The zero-order chi connectivity index (χ0) is 36.2. The molecule has 256 valence electrons. The molecule has 0 saturated heterocycles. The molecule has 0 amide bonds. The minimum Gasteiger partial charge on any atom is -0.310 e. The molecular formula is C53H39N. The molecule has 9 aromatic rings. The van der Waals surface area contributed by atoms with Crippen molar-refractivity contribution in [2.45, 2.75) is 19.3 Å². The van der Waals surface area contributed by atoms with Crippen molar-refractivity contribution in [1.29, 1.82) is 0 Å². The number of anilines is 3. The van der Waals surface area contributed by atoms with Crippen LogP contribution in [-0.4, -0.2) is 0 Å². The average molecular weight is 690 g/mol. The summed E-state index contributed by atoms with van der Waals surface area (Å²) in [6.45, 7) is 4.71. The summed E-state index contributed by atoms with van der Waals surface area (Å²) in [5, 5.41) is 5.05. The number of hydrogen-bond donors (Lipinski definition) is 0. The molecule has 1 heteroatoms. The van der Waals surface area contributed by atoms with Crippen molar-refractivity contribution in [3.05, 3.63) is 211 Å². The van der Waals surface area contributed by atoms with E-state index in [0.717, 1.165) is 17.1 Å². The van der Waals surface area contributed by atoms with Crippen molar-refractivity contribution < 1.29 is 0 Å². The Morgan fingerprint density at radius 1 is 0.315 bits per heavy atom. The van der Waals surface area contributed by atoms with Crippen molar-refractivity contribution in [1.82, 2.24) is 0 Å². The fraction of sp³-hybridized carbons (Fsp3) is 0.0566. The van der Waals surface area contributed by atoms with E-state index in [1.807, 2.05) is 0 Å². The summed E-state index contributed by atoms with van der Waals surface area (Å²) in [7, 11) is 0. The lowest BCUT2D eigenvalue weighted by molar-refractivity contribution is 0.660. The first kappa shape index (κ1) is 32.0. The van der Waals surface area contributed by atoms with Crippen LogP contribution in [0.4, 0.5) is 17.1 Å². The SMILES string of the molecule is CC1(C)c2ccccc2-c2ccc(N(c3ccc(-c4cccc(-c5cccc6ccccc56)c4)cc3)c3ccc(-c4cccc5ccccc45)cc3)cc21. The van der Waals surface area contributed by atoms with Gasteiger partial charge < -0.3 is 4.90 Å². The summed E-state index contributed by atoms with van der Waals surface area (Å²) < 4.78 is 0. The van der Waals surface area contributed by atoms with E-state index in [9.17, 15) is 0 Å². The molecule has 0 aromatic heterocycles. The Kier molecular flexibility index (Phi) is 7.56. The average Bonchev–Trinajstić information content (AvgIpc) is 3.46. The van der Waals surface area contributed by atoms with E-state index < -0.39 is 0 Å². The molecule has 0 saturated carbocycles.